The number of nitrogens with one attached hydrogen (secondary N) is 2. The van der Waals surface area contributed by atoms with Crippen LogP contribution in [0.1, 0.15) is 39.7 Å². The highest BCUT2D eigenvalue weighted by Crippen LogP contribution is 2.52. The fourth-order valence-electron chi connectivity index (χ4n) is 5.66. The summed E-state index contributed by atoms with van der Waals surface area (Å²) in [6, 6.07) is 5.94. The molecule has 0 radical (unpaired) electrons. The number of aromatic nitrogens is 4. The molecule has 3 aromatic rings. The van der Waals surface area contributed by atoms with Gasteiger partial charge in [0.25, 0.3) is 0 Å². The van der Waals surface area contributed by atoms with Crippen molar-refractivity contribution in [3.63, 3.8) is 0 Å². The average molecular weight is 566 g/mol. The van der Waals surface area contributed by atoms with Crippen LogP contribution < -0.4 is 16.3 Å². The number of fused-ring (bicyclic) bond motifs is 1. The van der Waals surface area contributed by atoms with Crippen LogP contribution in [0, 0.1) is 23.6 Å². The topological polar surface area (TPSA) is 123 Å². The molecule has 1 aliphatic carbocycles. The van der Waals surface area contributed by atoms with E-state index in [2.05, 4.69) is 32.4 Å². The van der Waals surface area contributed by atoms with Crippen molar-refractivity contribution in [1.29, 1.82) is 0 Å². The lowest BCUT2D eigenvalue weighted by Crippen LogP contribution is -2.39. The number of hydrogen-bond donors (Lipinski definition) is 2. The molecule has 41 heavy (non-hydrogen) atoms. The second-order valence-corrected chi connectivity index (χ2v) is 11.7. The Balaban J connectivity index is 1.16. The zero-order valence-corrected chi connectivity index (χ0v) is 23.7. The first kappa shape index (κ1) is 28.5. The van der Waals surface area contributed by atoms with Crippen LogP contribution in [0.5, 0.6) is 0 Å². The van der Waals surface area contributed by atoms with Gasteiger partial charge in [0.1, 0.15) is 23.6 Å². The Morgan fingerprint density at radius 3 is 2.54 bits per heavy atom. The van der Waals surface area contributed by atoms with Gasteiger partial charge in [-0.05, 0) is 75.1 Å². The molecule has 218 valence electrons. The van der Waals surface area contributed by atoms with E-state index in [1.807, 2.05) is 20.8 Å². The predicted octanol–water partition coefficient (Wildman–Crippen LogP) is 3.67. The maximum absolute atomic E-state index is 15.2. The first-order chi connectivity index (χ1) is 19.5. The van der Waals surface area contributed by atoms with Crippen molar-refractivity contribution in [1.82, 2.24) is 29.3 Å². The van der Waals surface area contributed by atoms with Crippen molar-refractivity contribution in [2.75, 3.05) is 25.0 Å². The predicted molar refractivity (Wildman–Crippen MR) is 150 cm³/mol. The summed E-state index contributed by atoms with van der Waals surface area (Å²) < 4.78 is 23.0. The van der Waals surface area contributed by atoms with Gasteiger partial charge < -0.3 is 10.1 Å². The molecule has 1 aliphatic heterocycles. The molecule has 1 saturated heterocycles. The van der Waals surface area contributed by atoms with Crippen LogP contribution in [0.3, 0.4) is 0 Å². The van der Waals surface area contributed by atoms with Gasteiger partial charge in [0.15, 0.2) is 0 Å². The van der Waals surface area contributed by atoms with Gasteiger partial charge >= 0.3 is 17.8 Å². The summed E-state index contributed by atoms with van der Waals surface area (Å²) >= 11 is 0. The quantitative estimate of drug-likeness (QED) is 0.427. The van der Waals surface area contributed by atoms with Crippen molar-refractivity contribution in [2.45, 2.75) is 52.2 Å². The minimum absolute atomic E-state index is 0.0827. The van der Waals surface area contributed by atoms with Crippen molar-refractivity contribution < 1.29 is 18.7 Å². The number of alkyl carbamates (subject to hydrolysis) is 1. The van der Waals surface area contributed by atoms with Gasteiger partial charge in [0.05, 0.1) is 5.69 Å². The number of carbonyl (C=O) groups is 2. The molecule has 3 unspecified atom stereocenters. The van der Waals surface area contributed by atoms with Crippen LogP contribution in [-0.4, -0.2) is 67.4 Å². The Bertz CT molecular complexity index is 1450. The Labute approximate surface area is 237 Å². The number of anilines is 1. The molecule has 12 heteroatoms. The van der Waals surface area contributed by atoms with Gasteiger partial charge in [0, 0.05) is 44.3 Å². The van der Waals surface area contributed by atoms with Crippen molar-refractivity contribution in [3.8, 4) is 5.69 Å². The van der Waals surface area contributed by atoms with Crippen LogP contribution >= 0.6 is 0 Å². The third kappa shape index (κ3) is 6.64. The SMILES string of the molecule is CCC(Cc1ccc(-n2ccc(NC(=O)n3ccnc3)nc2=O)cc1F)N1CC2C(CNC(=O)OC(C)(C)C)C2C1. The number of piperidine rings is 1. The largest absolute Gasteiger partial charge is 0.444 e. The number of ether oxygens (including phenoxy) is 1. The Morgan fingerprint density at radius 1 is 1.17 bits per heavy atom. The Kier molecular flexibility index (Phi) is 7.94. The maximum Gasteiger partial charge on any atom is 0.407 e. The summed E-state index contributed by atoms with van der Waals surface area (Å²) in [6.07, 6.45) is 6.79. The lowest BCUT2D eigenvalue weighted by Gasteiger charge is -2.29. The molecule has 5 rings (SSSR count). The summed E-state index contributed by atoms with van der Waals surface area (Å²) in [5.41, 5.74) is -0.208. The number of hydrogen-bond acceptors (Lipinski definition) is 7. The molecule has 2 amide bonds. The third-order valence-corrected chi connectivity index (χ3v) is 7.82. The number of carbonyl (C=O) groups excluding carboxylic acids is 2. The molecule has 2 N–H and O–H groups in total. The minimum Gasteiger partial charge on any atom is -0.444 e. The summed E-state index contributed by atoms with van der Waals surface area (Å²) in [4.78, 5) is 46.9. The molecule has 2 aliphatic rings. The van der Waals surface area contributed by atoms with Gasteiger partial charge in [-0.3, -0.25) is 19.4 Å². The fraction of sp³-hybridized carbons (Fsp3) is 0.483. The van der Waals surface area contributed by atoms with Crippen LogP contribution in [0.15, 0.2) is 54.0 Å². The van der Waals surface area contributed by atoms with E-state index in [4.69, 9.17) is 4.74 Å². The van der Waals surface area contributed by atoms with E-state index >= 15 is 4.39 Å². The third-order valence-electron chi connectivity index (χ3n) is 7.82. The number of rotatable bonds is 8. The molecule has 11 nitrogen and oxygen atoms in total. The molecular weight excluding hydrogens is 529 g/mol. The summed E-state index contributed by atoms with van der Waals surface area (Å²) in [5, 5.41) is 5.42. The van der Waals surface area contributed by atoms with Crippen LogP contribution in [0.2, 0.25) is 0 Å². The first-order valence-electron chi connectivity index (χ1n) is 13.9. The monoisotopic (exact) mass is 565 g/mol. The fourth-order valence-corrected chi connectivity index (χ4v) is 5.66. The molecule has 1 aromatic carbocycles. The molecule has 0 spiro atoms. The van der Waals surface area contributed by atoms with Crippen molar-refractivity contribution >= 4 is 17.9 Å². The van der Waals surface area contributed by atoms with E-state index in [1.165, 1.54) is 46.2 Å². The number of halogens is 1. The smallest absolute Gasteiger partial charge is 0.407 e. The Hall–Kier alpha value is -4.06. The number of benzene rings is 1. The zero-order chi connectivity index (χ0) is 29.3. The van der Waals surface area contributed by atoms with Crippen LogP contribution in [0.4, 0.5) is 19.8 Å². The van der Waals surface area contributed by atoms with E-state index in [1.54, 1.807) is 12.1 Å². The van der Waals surface area contributed by atoms with Gasteiger partial charge in [-0.1, -0.05) is 13.0 Å². The van der Waals surface area contributed by atoms with E-state index in [9.17, 15) is 14.4 Å². The van der Waals surface area contributed by atoms with Crippen molar-refractivity contribution in [2.24, 2.45) is 17.8 Å². The molecular formula is C29H36FN7O4. The van der Waals surface area contributed by atoms with Gasteiger partial charge in [0.2, 0.25) is 0 Å². The molecule has 0 bridgehead atoms. The molecule has 3 heterocycles. The Morgan fingerprint density at radius 2 is 1.93 bits per heavy atom. The standard InChI is InChI=1S/C29H36FN7O4/c1-5-19(36-15-22-21(23(22)16-36)14-32-28(40)41-29(2,3)4)12-18-6-7-20(13-24(18)30)37-10-8-25(34-27(37)39)33-26(38)35-11-9-31-17-35/h6-11,13,17,19,21-23H,5,12,14-16H2,1-4H3,(H,32,40)(H,33,34,38,39). The van der Waals surface area contributed by atoms with Crippen LogP contribution in [0.25, 0.3) is 5.69 Å². The van der Waals surface area contributed by atoms with E-state index < -0.39 is 17.3 Å². The summed E-state index contributed by atoms with van der Waals surface area (Å²) in [7, 11) is 0. The lowest BCUT2D eigenvalue weighted by atomic mass is 10.0. The van der Waals surface area contributed by atoms with E-state index in [0.29, 0.717) is 42.0 Å². The number of amides is 2. The van der Waals surface area contributed by atoms with Gasteiger partial charge in [-0.25, -0.2) is 23.8 Å². The highest BCUT2D eigenvalue weighted by Gasteiger charge is 2.56. The van der Waals surface area contributed by atoms with Gasteiger partial charge in [-0.15, -0.1) is 0 Å². The minimum atomic E-state index is -0.640. The number of likely N-dealkylation sites (tertiary alicyclic amines) is 1. The second-order valence-electron chi connectivity index (χ2n) is 11.7. The molecule has 2 aromatic heterocycles. The zero-order valence-electron chi connectivity index (χ0n) is 23.7. The molecule has 2 fully saturated rings. The van der Waals surface area contributed by atoms with Crippen LogP contribution in [-0.2, 0) is 11.2 Å². The van der Waals surface area contributed by atoms with E-state index in [-0.39, 0.29) is 23.8 Å². The highest BCUT2D eigenvalue weighted by molar-refractivity contribution is 5.89. The highest BCUT2D eigenvalue weighted by atomic mass is 19.1. The van der Waals surface area contributed by atoms with E-state index in [0.717, 1.165) is 19.5 Å². The molecule has 1 saturated carbocycles. The number of imidazole rings is 1. The average Bonchev–Trinajstić information content (AvgIpc) is 3.28. The number of nitrogens with zero attached hydrogens (tertiary/aromatic N) is 5. The lowest BCUT2D eigenvalue weighted by molar-refractivity contribution is 0.0521. The normalized spacial score (nSPS) is 20.8. The molecule has 3 atom stereocenters. The van der Waals surface area contributed by atoms with Crippen molar-refractivity contribution in [3.05, 3.63) is 71.0 Å². The summed E-state index contributed by atoms with van der Waals surface area (Å²) in [6.45, 7) is 10.2. The van der Waals surface area contributed by atoms with Gasteiger partial charge in [-0.2, -0.15) is 4.98 Å². The summed E-state index contributed by atoms with van der Waals surface area (Å²) in [5.74, 6) is 1.25. The maximum atomic E-state index is 15.2. The second kappa shape index (κ2) is 11.4. The first-order valence-corrected chi connectivity index (χ1v) is 13.9.